The Kier molecular flexibility index (Phi) is 11.7. The van der Waals surface area contributed by atoms with Crippen LogP contribution in [0.4, 0.5) is 14.5 Å². The number of halogens is 3. The standard InChI is InChI=1S/C38H43ClF2N8O6/c1-23-29(20-43-48(23)15-18-55-4)26-7-8-28(34(41)33(26)40)31-21-42-35(45(31)2)36(52)44-25-5-6-27(30(39)19-25)38(54)47-13-11-46(12-14-47)37(53)24-9-16-49(3,17-10-24)22-32(50)51/h5-8,19-21,24H,9-18,22H2,1-4H3,(H-,44,50,51,52,54). The maximum atomic E-state index is 15.5. The van der Waals surface area contributed by atoms with Crippen LogP contribution in [0.2, 0.25) is 5.02 Å². The number of piperidine rings is 1. The van der Waals surface area contributed by atoms with E-state index in [0.717, 1.165) is 0 Å². The van der Waals surface area contributed by atoms with Crippen LogP contribution in [0, 0.1) is 24.5 Å². The van der Waals surface area contributed by atoms with Crippen LogP contribution in [0.1, 0.15) is 39.5 Å². The molecular formula is C38H43ClF2N8O6. The summed E-state index contributed by atoms with van der Waals surface area (Å²) in [7, 11) is 4.94. The monoisotopic (exact) mass is 780 g/mol. The van der Waals surface area contributed by atoms with Gasteiger partial charge in [0.2, 0.25) is 5.91 Å². The number of piperazine rings is 1. The van der Waals surface area contributed by atoms with Crippen molar-refractivity contribution in [2.75, 3.05) is 71.9 Å². The van der Waals surface area contributed by atoms with E-state index in [4.69, 9.17) is 16.3 Å². The molecule has 0 unspecified atom stereocenters. The number of methoxy groups -OCH3 is 1. The van der Waals surface area contributed by atoms with Crippen molar-refractivity contribution in [3.63, 3.8) is 0 Å². The summed E-state index contributed by atoms with van der Waals surface area (Å²) < 4.78 is 39.4. The summed E-state index contributed by atoms with van der Waals surface area (Å²) in [5.41, 5.74) is 1.77. The SMILES string of the molecule is COCCn1ncc(-c2ccc(-c3cnc(C(=O)Nc4ccc(C(=O)N5CCN(C(=O)C6CC[N+](C)(CC(=O)[O-])CC6)CC5)c(Cl)c4)n3C)c(F)c2F)c1C. The lowest BCUT2D eigenvalue weighted by atomic mass is 9.93. The highest BCUT2D eigenvalue weighted by atomic mass is 35.5. The van der Waals surface area contributed by atoms with E-state index in [0.29, 0.717) is 81.0 Å². The number of aromatic nitrogens is 4. The van der Waals surface area contributed by atoms with Gasteiger partial charge in [0.05, 0.1) is 67.9 Å². The van der Waals surface area contributed by atoms with E-state index in [1.54, 1.807) is 28.5 Å². The minimum absolute atomic E-state index is 0.0218. The van der Waals surface area contributed by atoms with Crippen LogP contribution >= 0.6 is 11.6 Å². The molecule has 6 rings (SSSR count). The summed E-state index contributed by atoms with van der Waals surface area (Å²) >= 11 is 6.53. The van der Waals surface area contributed by atoms with Gasteiger partial charge in [-0.25, -0.2) is 13.8 Å². The predicted molar refractivity (Wildman–Crippen MR) is 197 cm³/mol. The molecule has 0 bridgehead atoms. The number of carbonyl (C=O) groups excluding carboxylic acids is 4. The number of anilines is 1. The normalized spacial score (nSPS) is 18.7. The van der Waals surface area contributed by atoms with Gasteiger partial charge >= 0.3 is 0 Å². The second-order valence-electron chi connectivity index (χ2n) is 14.3. The Morgan fingerprint density at radius 3 is 2.29 bits per heavy atom. The first kappa shape index (κ1) is 39.5. The molecular weight excluding hydrogens is 738 g/mol. The van der Waals surface area contributed by atoms with Crippen LogP contribution in [-0.2, 0) is 27.9 Å². The molecule has 17 heteroatoms. The Labute approximate surface area is 321 Å². The van der Waals surface area contributed by atoms with Gasteiger partial charge in [-0.2, -0.15) is 5.10 Å². The molecule has 3 amide bonds. The summed E-state index contributed by atoms with van der Waals surface area (Å²) in [5.74, 6) is -4.43. The summed E-state index contributed by atoms with van der Waals surface area (Å²) in [6, 6.07) is 7.38. The number of imidazole rings is 1. The lowest BCUT2D eigenvalue weighted by molar-refractivity contribution is -0.909. The van der Waals surface area contributed by atoms with Crippen LogP contribution in [0.3, 0.4) is 0 Å². The molecule has 55 heavy (non-hydrogen) atoms. The van der Waals surface area contributed by atoms with Gasteiger partial charge in [-0.1, -0.05) is 17.7 Å². The molecule has 4 aromatic rings. The van der Waals surface area contributed by atoms with Crippen molar-refractivity contribution in [2.24, 2.45) is 13.0 Å². The topological polar surface area (TPSA) is 155 Å². The van der Waals surface area contributed by atoms with Gasteiger partial charge in [0.25, 0.3) is 11.8 Å². The molecule has 0 aliphatic carbocycles. The minimum atomic E-state index is -1.10. The van der Waals surface area contributed by atoms with Gasteiger partial charge in [0, 0.05) is 87.2 Å². The fraction of sp³-hybridized carbons (Fsp3) is 0.421. The van der Waals surface area contributed by atoms with Gasteiger partial charge in [-0.3, -0.25) is 19.1 Å². The molecule has 2 aromatic heterocycles. The zero-order valence-corrected chi connectivity index (χ0v) is 31.9. The molecule has 2 aromatic carbocycles. The first-order chi connectivity index (χ1) is 26.2. The number of hydrogen-bond acceptors (Lipinski definition) is 8. The number of amides is 3. The molecule has 0 saturated carbocycles. The van der Waals surface area contributed by atoms with Gasteiger partial charge in [-0.15, -0.1) is 0 Å². The molecule has 4 heterocycles. The van der Waals surface area contributed by atoms with Gasteiger partial charge in [0.15, 0.2) is 17.5 Å². The summed E-state index contributed by atoms with van der Waals surface area (Å²) in [6.07, 6.45) is 3.96. The Morgan fingerprint density at radius 2 is 1.64 bits per heavy atom. The van der Waals surface area contributed by atoms with Crippen molar-refractivity contribution >= 4 is 41.0 Å². The predicted octanol–water partition coefficient (Wildman–Crippen LogP) is 2.98. The third-order valence-corrected chi connectivity index (χ3v) is 11.0. The Balaban J connectivity index is 1.06. The Hall–Kier alpha value is -5.19. The second-order valence-corrected chi connectivity index (χ2v) is 14.7. The number of benzene rings is 2. The maximum absolute atomic E-state index is 15.5. The molecule has 292 valence electrons. The molecule has 0 atom stereocenters. The zero-order chi connectivity index (χ0) is 39.6. The van der Waals surface area contributed by atoms with Crippen molar-refractivity contribution in [3.05, 3.63) is 76.5 Å². The summed E-state index contributed by atoms with van der Waals surface area (Å²) in [6.45, 7) is 5.10. The van der Waals surface area contributed by atoms with Crippen LogP contribution in [0.15, 0.2) is 42.7 Å². The first-order valence-electron chi connectivity index (χ1n) is 18.0. The zero-order valence-electron chi connectivity index (χ0n) is 31.1. The summed E-state index contributed by atoms with van der Waals surface area (Å²) in [5, 5.41) is 18.2. The van der Waals surface area contributed by atoms with Gasteiger partial charge in [0.1, 0.15) is 6.54 Å². The van der Waals surface area contributed by atoms with Crippen molar-refractivity contribution in [3.8, 4) is 22.4 Å². The Morgan fingerprint density at radius 1 is 0.982 bits per heavy atom. The van der Waals surface area contributed by atoms with E-state index in [1.165, 1.54) is 54.3 Å². The fourth-order valence-electron chi connectivity index (χ4n) is 7.36. The number of carboxylic acids is 1. The molecule has 0 radical (unpaired) electrons. The van der Waals surface area contributed by atoms with E-state index < -0.39 is 23.5 Å². The van der Waals surface area contributed by atoms with E-state index >= 15 is 8.78 Å². The number of quaternary nitrogens is 1. The number of rotatable bonds is 11. The third kappa shape index (κ3) is 8.26. The van der Waals surface area contributed by atoms with E-state index in [-0.39, 0.29) is 63.2 Å². The molecule has 2 aliphatic rings. The molecule has 2 saturated heterocycles. The smallest absolute Gasteiger partial charge is 0.291 e. The maximum Gasteiger partial charge on any atom is 0.291 e. The van der Waals surface area contributed by atoms with Gasteiger partial charge < -0.3 is 38.8 Å². The average molecular weight is 781 g/mol. The van der Waals surface area contributed by atoms with Crippen molar-refractivity contribution in [2.45, 2.75) is 26.3 Å². The van der Waals surface area contributed by atoms with Crippen molar-refractivity contribution < 1.29 is 42.3 Å². The van der Waals surface area contributed by atoms with Crippen LogP contribution in [0.25, 0.3) is 22.4 Å². The largest absolute Gasteiger partial charge is 0.544 e. The fourth-order valence-corrected chi connectivity index (χ4v) is 7.62. The summed E-state index contributed by atoms with van der Waals surface area (Å²) in [4.78, 5) is 58.6. The number of likely N-dealkylation sites (N-methyl/N-ethyl adjacent to an activating group) is 1. The van der Waals surface area contributed by atoms with E-state index in [2.05, 4.69) is 15.4 Å². The second kappa shape index (κ2) is 16.3. The van der Waals surface area contributed by atoms with Crippen molar-refractivity contribution in [1.29, 1.82) is 0 Å². The number of ether oxygens (including phenoxy) is 1. The first-order valence-corrected chi connectivity index (χ1v) is 18.3. The minimum Gasteiger partial charge on any atom is -0.544 e. The van der Waals surface area contributed by atoms with Crippen LogP contribution < -0.4 is 10.4 Å². The highest BCUT2D eigenvalue weighted by molar-refractivity contribution is 6.34. The molecule has 0 spiro atoms. The van der Waals surface area contributed by atoms with Gasteiger partial charge in [-0.05, 0) is 31.2 Å². The van der Waals surface area contributed by atoms with E-state index in [9.17, 15) is 24.3 Å². The van der Waals surface area contributed by atoms with E-state index in [1.807, 2.05) is 7.05 Å². The lowest BCUT2D eigenvalue weighted by Crippen LogP contribution is -2.57. The number of carboxylic acid groups (broad SMARTS) is 1. The average Bonchev–Trinajstić information content (AvgIpc) is 3.72. The van der Waals surface area contributed by atoms with Crippen molar-refractivity contribution in [1.82, 2.24) is 29.1 Å². The highest BCUT2D eigenvalue weighted by Crippen LogP contribution is 2.33. The molecule has 2 aliphatic heterocycles. The molecule has 2 fully saturated rings. The van der Waals surface area contributed by atoms with Crippen LogP contribution in [-0.4, -0.2) is 124 Å². The number of nitrogens with zero attached hydrogens (tertiary/aromatic N) is 7. The highest BCUT2D eigenvalue weighted by Gasteiger charge is 2.37. The number of likely N-dealkylation sites (tertiary alicyclic amines) is 1. The molecule has 14 nitrogen and oxygen atoms in total. The van der Waals surface area contributed by atoms with Crippen LogP contribution in [0.5, 0.6) is 0 Å². The Bertz CT molecular complexity index is 2120. The number of hydrogen-bond donors (Lipinski definition) is 1. The lowest BCUT2D eigenvalue weighted by Gasteiger charge is -2.42. The number of aliphatic carboxylic acids is 1. The number of nitrogens with one attached hydrogen (secondary N) is 1. The third-order valence-electron chi connectivity index (χ3n) is 10.7. The quantitative estimate of drug-likeness (QED) is 0.228. The molecule has 1 N–H and O–H groups in total. The number of carbonyl (C=O) groups is 4.